The zero-order chi connectivity index (χ0) is 14.2. The molecule has 0 amide bonds. The molecule has 0 spiro atoms. The monoisotopic (exact) mass is 282 g/mol. The van der Waals surface area contributed by atoms with Crippen LogP contribution in [0.25, 0.3) is 0 Å². The molecule has 0 bridgehead atoms. The second-order valence-electron chi connectivity index (χ2n) is 5.88. The lowest BCUT2D eigenvalue weighted by molar-refractivity contribution is 0.584. The first-order valence-corrected chi connectivity index (χ1v) is 11.0. The summed E-state index contributed by atoms with van der Waals surface area (Å²) in [4.78, 5) is 0.387. The molecule has 18 heavy (non-hydrogen) atoms. The molecule has 0 radical (unpaired) electrons. The van der Waals surface area contributed by atoms with E-state index in [1.165, 1.54) is 0 Å². The highest BCUT2D eigenvalue weighted by atomic mass is 32.2. The van der Waals surface area contributed by atoms with Gasteiger partial charge in [0, 0.05) is 0 Å². The fraction of sp³-hybridized carbons (Fsp3) is 0.429. The summed E-state index contributed by atoms with van der Waals surface area (Å²) < 4.78 is 24.8. The summed E-state index contributed by atoms with van der Waals surface area (Å²) in [5, 5.41) is 0. The molecule has 2 nitrogen and oxygen atoms in total. The van der Waals surface area contributed by atoms with Crippen LogP contribution in [0, 0.1) is 6.92 Å². The van der Waals surface area contributed by atoms with Crippen LogP contribution in [-0.2, 0) is 9.84 Å². The molecule has 0 aromatic heterocycles. The van der Waals surface area contributed by atoms with E-state index in [9.17, 15) is 8.42 Å². The number of sulfone groups is 1. The highest BCUT2D eigenvalue weighted by Crippen LogP contribution is 2.35. The van der Waals surface area contributed by atoms with E-state index in [-0.39, 0.29) is 0 Å². The van der Waals surface area contributed by atoms with E-state index in [1.54, 1.807) is 25.1 Å². The predicted molar refractivity (Wildman–Crippen MR) is 80.3 cm³/mol. The molecule has 0 saturated heterocycles. The molecule has 1 atom stereocenters. The van der Waals surface area contributed by atoms with Gasteiger partial charge in [0.15, 0.2) is 9.84 Å². The SMILES string of the molecule is C=CC(C)([Si](C)(C)C)S(=O)(=O)c1ccc(C)cc1. The Morgan fingerprint density at radius 1 is 1.17 bits per heavy atom. The van der Waals surface area contributed by atoms with Crippen molar-refractivity contribution in [2.24, 2.45) is 0 Å². The number of aryl methyl sites for hydroxylation is 1. The van der Waals surface area contributed by atoms with Crippen molar-refractivity contribution in [1.29, 1.82) is 0 Å². The summed E-state index contributed by atoms with van der Waals surface area (Å²) in [5.74, 6) is 0. The largest absolute Gasteiger partial charge is 0.223 e. The molecule has 1 unspecified atom stereocenters. The third-order valence-electron chi connectivity index (χ3n) is 3.77. The zero-order valence-electron chi connectivity index (χ0n) is 11.8. The molecule has 0 aliphatic heterocycles. The van der Waals surface area contributed by atoms with E-state index in [2.05, 4.69) is 26.2 Å². The minimum absolute atomic E-state index is 0.387. The molecule has 0 heterocycles. The first-order chi connectivity index (χ1) is 8.06. The standard InChI is InChI=1S/C14H22O2SSi/c1-7-14(3,18(4,5)6)17(15,16)13-10-8-12(2)9-11-13/h7-11H,1H2,2-6H3. The van der Waals surface area contributed by atoms with Gasteiger partial charge in [0.1, 0.15) is 0 Å². The maximum Gasteiger partial charge on any atom is 0.184 e. The van der Waals surface area contributed by atoms with Gasteiger partial charge in [-0.2, -0.15) is 0 Å². The molecular weight excluding hydrogens is 260 g/mol. The zero-order valence-corrected chi connectivity index (χ0v) is 13.6. The lowest BCUT2D eigenvalue weighted by Gasteiger charge is -2.37. The Balaban J connectivity index is 3.46. The summed E-state index contributed by atoms with van der Waals surface area (Å²) in [7, 11) is -5.33. The van der Waals surface area contributed by atoms with Crippen molar-refractivity contribution in [2.45, 2.75) is 42.8 Å². The number of hydrogen-bond donors (Lipinski definition) is 0. The third kappa shape index (κ3) is 2.31. The van der Waals surface area contributed by atoms with E-state index >= 15 is 0 Å². The van der Waals surface area contributed by atoms with Crippen molar-refractivity contribution in [2.75, 3.05) is 0 Å². The van der Waals surface area contributed by atoms with Gasteiger partial charge in [-0.15, -0.1) is 6.58 Å². The van der Waals surface area contributed by atoms with Gasteiger partial charge in [0.2, 0.25) is 0 Å². The minimum atomic E-state index is -3.38. The van der Waals surface area contributed by atoms with Crippen LogP contribution in [0.1, 0.15) is 12.5 Å². The van der Waals surface area contributed by atoms with Crippen LogP contribution in [0.2, 0.25) is 19.6 Å². The van der Waals surface area contributed by atoms with Crippen molar-refractivity contribution in [3.05, 3.63) is 42.5 Å². The lowest BCUT2D eigenvalue weighted by atomic mass is 10.2. The number of hydrogen-bond acceptors (Lipinski definition) is 2. The Morgan fingerprint density at radius 3 is 1.94 bits per heavy atom. The Bertz CT molecular complexity index is 538. The summed E-state index contributed by atoms with van der Waals surface area (Å²) in [6.45, 7) is 13.7. The first kappa shape index (κ1) is 15.2. The highest BCUT2D eigenvalue weighted by Gasteiger charge is 2.48. The van der Waals surface area contributed by atoms with Crippen LogP contribution < -0.4 is 0 Å². The lowest BCUT2D eigenvalue weighted by Crippen LogP contribution is -2.53. The van der Waals surface area contributed by atoms with Gasteiger partial charge in [0.05, 0.1) is 17.3 Å². The fourth-order valence-corrected chi connectivity index (χ4v) is 7.18. The van der Waals surface area contributed by atoms with Crippen molar-refractivity contribution < 1.29 is 8.42 Å². The minimum Gasteiger partial charge on any atom is -0.223 e. The molecule has 0 aliphatic carbocycles. The van der Waals surface area contributed by atoms with E-state index in [0.717, 1.165) is 5.56 Å². The second kappa shape index (κ2) is 4.66. The second-order valence-corrected chi connectivity index (χ2v) is 14.1. The predicted octanol–water partition coefficient (Wildman–Crippen LogP) is 3.59. The van der Waals surface area contributed by atoms with Gasteiger partial charge in [-0.05, 0) is 26.0 Å². The Labute approximate surface area is 112 Å². The van der Waals surface area contributed by atoms with Crippen LogP contribution >= 0.6 is 0 Å². The molecule has 0 saturated carbocycles. The molecular formula is C14H22O2SSi. The summed E-state index contributed by atoms with van der Waals surface area (Å²) in [6, 6.07) is 7.04. The molecule has 1 rings (SSSR count). The quantitative estimate of drug-likeness (QED) is 0.625. The summed E-state index contributed by atoms with van der Waals surface area (Å²) in [6.07, 6.45) is 1.61. The molecule has 1 aromatic carbocycles. The van der Waals surface area contributed by atoms with Gasteiger partial charge >= 0.3 is 0 Å². The third-order valence-corrected chi connectivity index (χ3v) is 11.8. The van der Waals surface area contributed by atoms with E-state index < -0.39 is 22.3 Å². The maximum absolute atomic E-state index is 12.8. The van der Waals surface area contributed by atoms with Crippen LogP contribution in [0.15, 0.2) is 41.8 Å². The van der Waals surface area contributed by atoms with E-state index in [4.69, 9.17) is 0 Å². The average Bonchev–Trinajstić information content (AvgIpc) is 2.26. The van der Waals surface area contributed by atoms with E-state index in [1.807, 2.05) is 19.1 Å². The van der Waals surface area contributed by atoms with Gasteiger partial charge in [0.25, 0.3) is 0 Å². The smallest absolute Gasteiger partial charge is 0.184 e. The fourth-order valence-electron chi connectivity index (χ4n) is 1.78. The topological polar surface area (TPSA) is 34.1 Å². The highest BCUT2D eigenvalue weighted by molar-refractivity contribution is 7.95. The van der Waals surface area contributed by atoms with Crippen LogP contribution in [0.5, 0.6) is 0 Å². The van der Waals surface area contributed by atoms with Crippen LogP contribution in [-0.4, -0.2) is 20.9 Å². The molecule has 1 aromatic rings. The average molecular weight is 282 g/mol. The summed E-state index contributed by atoms with van der Waals surface area (Å²) in [5.41, 5.74) is 1.06. The first-order valence-electron chi connectivity index (χ1n) is 6.01. The Hall–Kier alpha value is -0.873. The number of rotatable bonds is 4. The molecule has 0 N–H and O–H groups in total. The maximum atomic E-state index is 12.8. The van der Waals surface area contributed by atoms with Crippen molar-refractivity contribution in [3.63, 3.8) is 0 Å². The number of benzene rings is 1. The van der Waals surface area contributed by atoms with Crippen LogP contribution in [0.3, 0.4) is 0 Å². The van der Waals surface area contributed by atoms with Crippen LogP contribution in [0.4, 0.5) is 0 Å². The van der Waals surface area contributed by atoms with Crippen molar-refractivity contribution in [3.8, 4) is 0 Å². The van der Waals surface area contributed by atoms with Gasteiger partial charge in [-0.3, -0.25) is 0 Å². The molecule has 4 heteroatoms. The van der Waals surface area contributed by atoms with Crippen molar-refractivity contribution in [1.82, 2.24) is 0 Å². The molecule has 0 aliphatic rings. The van der Waals surface area contributed by atoms with Gasteiger partial charge < -0.3 is 0 Å². The molecule has 0 fully saturated rings. The normalized spacial score (nSPS) is 16.1. The van der Waals surface area contributed by atoms with Gasteiger partial charge in [-0.1, -0.05) is 43.4 Å². The Morgan fingerprint density at radius 2 is 1.61 bits per heavy atom. The summed E-state index contributed by atoms with van der Waals surface area (Å²) >= 11 is 0. The van der Waals surface area contributed by atoms with E-state index in [0.29, 0.717) is 4.90 Å². The van der Waals surface area contributed by atoms with Crippen molar-refractivity contribution >= 4 is 17.9 Å². The Kier molecular flexibility index (Phi) is 3.94. The molecule has 100 valence electrons. The van der Waals surface area contributed by atoms with Gasteiger partial charge in [-0.25, -0.2) is 8.42 Å².